The molecule has 0 amide bonds. The van der Waals surface area contributed by atoms with E-state index in [9.17, 15) is 10.1 Å². The first-order valence-corrected chi connectivity index (χ1v) is 9.36. The number of rotatable bonds is 5. The van der Waals surface area contributed by atoms with Crippen molar-refractivity contribution in [2.45, 2.75) is 27.3 Å². The molecule has 0 atom stereocenters. The first-order chi connectivity index (χ1) is 13.7. The third-order valence-corrected chi connectivity index (χ3v) is 4.20. The number of aromatic nitrogens is 2. The number of benzene rings is 2. The lowest BCUT2D eigenvalue weighted by atomic mass is 9.97. The zero-order valence-electron chi connectivity index (χ0n) is 17.1. The molecule has 0 saturated heterocycles. The van der Waals surface area contributed by atoms with Gasteiger partial charge in [0.25, 0.3) is 5.69 Å². The molecular weight excluding hydrogens is 364 g/mol. The van der Waals surface area contributed by atoms with Crippen molar-refractivity contribution in [1.29, 1.82) is 0 Å². The van der Waals surface area contributed by atoms with Gasteiger partial charge in [-0.2, -0.15) is 5.10 Å². The molecular formula is C23H24N4O2. The molecule has 29 heavy (non-hydrogen) atoms. The van der Waals surface area contributed by atoms with Crippen molar-refractivity contribution in [3.05, 3.63) is 76.0 Å². The number of nitrogens with one attached hydrogen (secondary N) is 1. The van der Waals surface area contributed by atoms with Crippen LogP contribution in [0.3, 0.4) is 0 Å². The predicted molar refractivity (Wildman–Crippen MR) is 115 cm³/mol. The number of hydrogen-bond acceptors (Lipinski definition) is 4. The fraction of sp³-hybridized carbons (Fsp3) is 0.261. The fourth-order valence-corrected chi connectivity index (χ4v) is 2.82. The molecule has 0 saturated carbocycles. The van der Waals surface area contributed by atoms with Crippen LogP contribution in [0.2, 0.25) is 0 Å². The SMILES string of the molecule is Cn1cc(C#CC(C)(C)C)c(-c2cc([N+](=O)[O-])ccc2NCc2ccccc2)n1. The van der Waals surface area contributed by atoms with E-state index in [0.29, 0.717) is 17.8 Å². The maximum absolute atomic E-state index is 11.4. The van der Waals surface area contributed by atoms with Crippen LogP contribution in [-0.4, -0.2) is 14.7 Å². The number of nitro benzene ring substituents is 1. The van der Waals surface area contributed by atoms with Crippen molar-refractivity contribution >= 4 is 11.4 Å². The number of hydrogen-bond donors (Lipinski definition) is 1. The zero-order chi connectivity index (χ0) is 21.0. The highest BCUT2D eigenvalue weighted by atomic mass is 16.6. The van der Waals surface area contributed by atoms with Crippen LogP contribution in [0.25, 0.3) is 11.3 Å². The Balaban J connectivity index is 2.06. The summed E-state index contributed by atoms with van der Waals surface area (Å²) >= 11 is 0. The molecule has 3 rings (SSSR count). The molecule has 148 valence electrons. The van der Waals surface area contributed by atoms with E-state index in [0.717, 1.165) is 16.8 Å². The minimum atomic E-state index is -0.395. The number of aryl methyl sites for hydroxylation is 1. The molecule has 0 spiro atoms. The van der Waals surface area contributed by atoms with Crippen LogP contribution in [0, 0.1) is 27.4 Å². The second-order valence-electron chi connectivity index (χ2n) is 7.89. The average molecular weight is 388 g/mol. The van der Waals surface area contributed by atoms with Crippen LogP contribution < -0.4 is 5.32 Å². The summed E-state index contributed by atoms with van der Waals surface area (Å²) in [6.45, 7) is 6.71. The lowest BCUT2D eigenvalue weighted by Gasteiger charge is -2.12. The van der Waals surface area contributed by atoms with Crippen molar-refractivity contribution in [1.82, 2.24) is 9.78 Å². The Morgan fingerprint density at radius 1 is 1.17 bits per heavy atom. The van der Waals surface area contributed by atoms with Gasteiger partial charge < -0.3 is 5.32 Å². The summed E-state index contributed by atoms with van der Waals surface area (Å²) in [6, 6.07) is 14.8. The minimum absolute atomic E-state index is 0.0191. The Bertz CT molecular complexity index is 1080. The molecule has 3 aromatic rings. The van der Waals surface area contributed by atoms with Gasteiger partial charge in [-0.15, -0.1) is 0 Å². The molecule has 0 unspecified atom stereocenters. The Labute approximate surface area is 170 Å². The molecule has 1 heterocycles. The van der Waals surface area contributed by atoms with Crippen LogP contribution in [0.4, 0.5) is 11.4 Å². The lowest BCUT2D eigenvalue weighted by molar-refractivity contribution is -0.384. The first-order valence-electron chi connectivity index (χ1n) is 9.36. The maximum Gasteiger partial charge on any atom is 0.270 e. The molecule has 2 aromatic carbocycles. The van der Waals surface area contributed by atoms with Crippen LogP contribution in [-0.2, 0) is 13.6 Å². The van der Waals surface area contributed by atoms with Gasteiger partial charge in [0.2, 0.25) is 0 Å². The van der Waals surface area contributed by atoms with E-state index >= 15 is 0 Å². The van der Waals surface area contributed by atoms with Gasteiger partial charge >= 0.3 is 0 Å². The topological polar surface area (TPSA) is 73.0 Å². The van der Waals surface area contributed by atoms with Crippen molar-refractivity contribution in [2.24, 2.45) is 12.5 Å². The second-order valence-corrected chi connectivity index (χ2v) is 7.89. The van der Waals surface area contributed by atoms with E-state index in [1.807, 2.05) is 64.3 Å². The Hall–Kier alpha value is -3.59. The molecule has 0 radical (unpaired) electrons. The third kappa shape index (κ3) is 5.23. The van der Waals surface area contributed by atoms with E-state index in [1.165, 1.54) is 6.07 Å². The Morgan fingerprint density at radius 3 is 2.55 bits per heavy atom. The molecule has 1 aromatic heterocycles. The first kappa shape index (κ1) is 20.2. The Kier molecular flexibility index (Phi) is 5.69. The quantitative estimate of drug-likeness (QED) is 0.379. The van der Waals surface area contributed by atoms with Gasteiger partial charge in [0.1, 0.15) is 5.69 Å². The van der Waals surface area contributed by atoms with E-state index < -0.39 is 4.92 Å². The molecule has 6 nitrogen and oxygen atoms in total. The fourth-order valence-electron chi connectivity index (χ4n) is 2.82. The number of nitro groups is 1. The van der Waals surface area contributed by atoms with Crippen molar-refractivity contribution in [2.75, 3.05) is 5.32 Å². The van der Waals surface area contributed by atoms with Gasteiger partial charge in [-0.05, 0) is 32.4 Å². The predicted octanol–water partition coefficient (Wildman–Crippen LogP) is 5.01. The van der Waals surface area contributed by atoms with Gasteiger partial charge in [-0.1, -0.05) is 42.2 Å². The zero-order valence-corrected chi connectivity index (χ0v) is 17.1. The number of anilines is 1. The minimum Gasteiger partial charge on any atom is -0.380 e. The largest absolute Gasteiger partial charge is 0.380 e. The van der Waals surface area contributed by atoms with Gasteiger partial charge in [-0.3, -0.25) is 14.8 Å². The monoisotopic (exact) mass is 388 g/mol. The van der Waals surface area contributed by atoms with Crippen molar-refractivity contribution < 1.29 is 4.92 Å². The summed E-state index contributed by atoms with van der Waals surface area (Å²) in [5, 5.41) is 19.3. The van der Waals surface area contributed by atoms with E-state index in [4.69, 9.17) is 0 Å². The summed E-state index contributed by atoms with van der Waals surface area (Å²) in [5.41, 5.74) is 3.78. The highest BCUT2D eigenvalue weighted by Gasteiger charge is 2.18. The lowest BCUT2D eigenvalue weighted by Crippen LogP contribution is -2.02. The summed E-state index contributed by atoms with van der Waals surface area (Å²) in [6.07, 6.45) is 1.84. The summed E-state index contributed by atoms with van der Waals surface area (Å²) < 4.78 is 1.68. The Morgan fingerprint density at radius 2 is 1.90 bits per heavy atom. The number of non-ortho nitro benzene ring substituents is 1. The average Bonchev–Trinajstić information content (AvgIpc) is 3.05. The maximum atomic E-state index is 11.4. The molecule has 0 aliphatic rings. The van der Waals surface area contributed by atoms with Gasteiger partial charge in [-0.25, -0.2) is 0 Å². The normalized spacial score (nSPS) is 10.9. The van der Waals surface area contributed by atoms with E-state index in [2.05, 4.69) is 22.3 Å². The van der Waals surface area contributed by atoms with Gasteiger partial charge in [0, 0.05) is 48.6 Å². The second kappa shape index (κ2) is 8.19. The standard InChI is InChI=1S/C23H24N4O2/c1-23(2,3)13-12-18-16-26(4)25-22(18)20-14-19(27(28)29)10-11-21(20)24-15-17-8-6-5-7-9-17/h5-11,14,16,24H,15H2,1-4H3. The van der Waals surface area contributed by atoms with Crippen molar-refractivity contribution in [3.8, 4) is 23.1 Å². The summed E-state index contributed by atoms with van der Waals surface area (Å²) in [7, 11) is 1.82. The highest BCUT2D eigenvalue weighted by Crippen LogP contribution is 2.33. The molecule has 0 aliphatic carbocycles. The van der Waals surface area contributed by atoms with Crippen molar-refractivity contribution in [3.63, 3.8) is 0 Å². The van der Waals surface area contributed by atoms with Crippen LogP contribution in [0.15, 0.2) is 54.7 Å². The van der Waals surface area contributed by atoms with Crippen LogP contribution in [0.5, 0.6) is 0 Å². The van der Waals surface area contributed by atoms with E-state index in [1.54, 1.807) is 16.8 Å². The van der Waals surface area contributed by atoms with E-state index in [-0.39, 0.29) is 11.1 Å². The van der Waals surface area contributed by atoms with Crippen LogP contribution in [0.1, 0.15) is 31.9 Å². The smallest absolute Gasteiger partial charge is 0.270 e. The summed E-state index contributed by atoms with van der Waals surface area (Å²) in [5.74, 6) is 6.41. The highest BCUT2D eigenvalue weighted by molar-refractivity contribution is 5.81. The molecule has 0 bridgehead atoms. The molecule has 0 fully saturated rings. The van der Waals surface area contributed by atoms with Gasteiger partial charge in [0.15, 0.2) is 0 Å². The number of nitrogens with zero attached hydrogens (tertiary/aromatic N) is 3. The van der Waals surface area contributed by atoms with Crippen LogP contribution >= 0.6 is 0 Å². The molecule has 6 heteroatoms. The third-order valence-electron chi connectivity index (χ3n) is 4.20. The summed E-state index contributed by atoms with van der Waals surface area (Å²) in [4.78, 5) is 11.0. The molecule has 0 aliphatic heterocycles. The molecule has 1 N–H and O–H groups in total. The van der Waals surface area contributed by atoms with Gasteiger partial charge in [0.05, 0.1) is 10.5 Å².